The fraction of sp³-hybridized carbons (Fsp3) is 0.706. The summed E-state index contributed by atoms with van der Waals surface area (Å²) in [5, 5.41) is 0. The maximum atomic E-state index is 6.01. The summed E-state index contributed by atoms with van der Waals surface area (Å²) in [6, 6.07) is 4.12. The largest absolute Gasteiger partial charge is 0.477 e. The van der Waals surface area contributed by atoms with Gasteiger partial charge in [-0.15, -0.1) is 0 Å². The van der Waals surface area contributed by atoms with Crippen LogP contribution in [0.3, 0.4) is 0 Å². The summed E-state index contributed by atoms with van der Waals surface area (Å²) in [6.07, 6.45) is 6.64. The van der Waals surface area contributed by atoms with E-state index in [4.69, 9.17) is 15.5 Å². The summed E-state index contributed by atoms with van der Waals surface area (Å²) >= 11 is 0. The van der Waals surface area contributed by atoms with Crippen LogP contribution < -0.4 is 10.5 Å². The second-order valence-corrected chi connectivity index (χ2v) is 6.93. The molecule has 1 aliphatic carbocycles. The quantitative estimate of drug-likeness (QED) is 0.910. The fourth-order valence-electron chi connectivity index (χ4n) is 2.72. The highest BCUT2D eigenvalue weighted by Crippen LogP contribution is 2.27. The summed E-state index contributed by atoms with van der Waals surface area (Å²) < 4.78 is 6.01. The molecule has 0 saturated heterocycles. The molecule has 0 aliphatic heterocycles. The first-order valence-corrected chi connectivity index (χ1v) is 7.84. The topological polar surface area (TPSA) is 48.1 Å². The smallest absolute Gasteiger partial charge is 0.218 e. The molecule has 1 aromatic rings. The second-order valence-electron chi connectivity index (χ2n) is 6.93. The summed E-state index contributed by atoms with van der Waals surface area (Å²) in [5.41, 5.74) is 7.91. The molecule has 0 unspecified atom stereocenters. The first-order valence-electron chi connectivity index (χ1n) is 7.84. The molecule has 1 heterocycles. The van der Waals surface area contributed by atoms with Crippen LogP contribution in [0, 0.1) is 5.92 Å². The number of nitrogens with two attached hydrogens (primary N) is 1. The Morgan fingerprint density at radius 1 is 1.20 bits per heavy atom. The standard InChI is InChI=1S/C17H28N2O/c1-17(2,3)15-10-9-14(11-18)16(19-15)20-12-13-7-5-4-6-8-13/h9-10,13H,4-8,11-12,18H2,1-3H3. The maximum Gasteiger partial charge on any atom is 0.218 e. The molecule has 0 spiro atoms. The third kappa shape index (κ3) is 3.95. The Labute approximate surface area is 122 Å². The minimum Gasteiger partial charge on any atom is -0.477 e. The van der Waals surface area contributed by atoms with Crippen molar-refractivity contribution in [2.75, 3.05) is 6.61 Å². The van der Waals surface area contributed by atoms with Crippen LogP contribution in [0.4, 0.5) is 0 Å². The van der Waals surface area contributed by atoms with E-state index in [-0.39, 0.29) is 5.41 Å². The minimum atomic E-state index is 0.0378. The molecule has 1 fully saturated rings. The molecule has 0 radical (unpaired) electrons. The van der Waals surface area contributed by atoms with E-state index < -0.39 is 0 Å². The van der Waals surface area contributed by atoms with E-state index >= 15 is 0 Å². The van der Waals surface area contributed by atoms with Crippen molar-refractivity contribution in [1.82, 2.24) is 4.98 Å². The predicted molar refractivity (Wildman–Crippen MR) is 82.9 cm³/mol. The van der Waals surface area contributed by atoms with E-state index in [9.17, 15) is 0 Å². The van der Waals surface area contributed by atoms with Crippen molar-refractivity contribution < 1.29 is 4.74 Å². The van der Waals surface area contributed by atoms with Crippen molar-refractivity contribution in [3.63, 3.8) is 0 Å². The van der Waals surface area contributed by atoms with Crippen LogP contribution >= 0.6 is 0 Å². The normalized spacial score (nSPS) is 17.2. The number of nitrogens with zero attached hydrogens (tertiary/aromatic N) is 1. The van der Waals surface area contributed by atoms with Gasteiger partial charge in [-0.05, 0) is 24.8 Å². The Hall–Kier alpha value is -1.09. The van der Waals surface area contributed by atoms with Gasteiger partial charge in [0.2, 0.25) is 5.88 Å². The fourth-order valence-corrected chi connectivity index (χ4v) is 2.72. The lowest BCUT2D eigenvalue weighted by atomic mass is 9.90. The van der Waals surface area contributed by atoms with Gasteiger partial charge in [-0.2, -0.15) is 0 Å². The first kappa shape index (κ1) is 15.3. The maximum absolute atomic E-state index is 6.01. The highest BCUT2D eigenvalue weighted by molar-refractivity contribution is 5.30. The minimum absolute atomic E-state index is 0.0378. The van der Waals surface area contributed by atoms with Crippen LogP contribution in [0.2, 0.25) is 0 Å². The summed E-state index contributed by atoms with van der Waals surface area (Å²) in [4.78, 5) is 4.70. The first-order chi connectivity index (χ1) is 9.50. The molecule has 2 N–H and O–H groups in total. The lowest BCUT2D eigenvalue weighted by Gasteiger charge is -2.23. The molecular formula is C17H28N2O. The second kappa shape index (κ2) is 6.57. The van der Waals surface area contributed by atoms with Crippen LogP contribution in [-0.2, 0) is 12.0 Å². The average molecular weight is 276 g/mol. The lowest BCUT2D eigenvalue weighted by molar-refractivity contribution is 0.200. The van der Waals surface area contributed by atoms with E-state index in [0.717, 1.165) is 23.7 Å². The molecule has 20 heavy (non-hydrogen) atoms. The van der Waals surface area contributed by atoms with Gasteiger partial charge in [0.15, 0.2) is 0 Å². The molecule has 0 aromatic carbocycles. The molecule has 1 aliphatic rings. The number of hydrogen-bond acceptors (Lipinski definition) is 3. The number of aromatic nitrogens is 1. The molecule has 3 heteroatoms. The summed E-state index contributed by atoms with van der Waals surface area (Å²) in [5.74, 6) is 1.43. The van der Waals surface area contributed by atoms with Crippen LogP contribution in [0.1, 0.15) is 64.1 Å². The van der Waals surface area contributed by atoms with Crippen molar-refractivity contribution in [1.29, 1.82) is 0 Å². The van der Waals surface area contributed by atoms with E-state index in [0.29, 0.717) is 12.5 Å². The Balaban J connectivity index is 2.07. The van der Waals surface area contributed by atoms with E-state index in [1.54, 1.807) is 0 Å². The monoisotopic (exact) mass is 276 g/mol. The highest BCUT2D eigenvalue weighted by Gasteiger charge is 2.19. The van der Waals surface area contributed by atoms with Crippen LogP contribution in [0.5, 0.6) is 5.88 Å². The van der Waals surface area contributed by atoms with Gasteiger partial charge in [0.25, 0.3) is 0 Å². The van der Waals surface area contributed by atoms with Crippen molar-refractivity contribution in [3.8, 4) is 5.88 Å². The van der Waals surface area contributed by atoms with E-state index in [1.165, 1.54) is 32.1 Å². The number of hydrogen-bond donors (Lipinski definition) is 1. The molecule has 0 amide bonds. The molecule has 2 rings (SSSR count). The average Bonchev–Trinajstić information content (AvgIpc) is 2.45. The van der Waals surface area contributed by atoms with E-state index in [2.05, 4.69) is 32.9 Å². The number of pyridine rings is 1. The SMILES string of the molecule is CC(C)(C)c1ccc(CN)c(OCC2CCCCC2)n1. The third-order valence-electron chi connectivity index (χ3n) is 4.11. The zero-order valence-electron chi connectivity index (χ0n) is 13.1. The Morgan fingerprint density at radius 2 is 1.90 bits per heavy atom. The molecule has 0 atom stereocenters. The Kier molecular flexibility index (Phi) is 5.03. The molecule has 1 saturated carbocycles. The molecule has 3 nitrogen and oxygen atoms in total. The predicted octanol–water partition coefficient (Wildman–Crippen LogP) is 3.80. The molecule has 112 valence electrons. The van der Waals surface area contributed by atoms with Crippen molar-refractivity contribution in [3.05, 3.63) is 23.4 Å². The molecule has 1 aromatic heterocycles. The third-order valence-corrected chi connectivity index (χ3v) is 4.11. The highest BCUT2D eigenvalue weighted by atomic mass is 16.5. The van der Waals surface area contributed by atoms with E-state index in [1.807, 2.05) is 0 Å². The van der Waals surface area contributed by atoms with Gasteiger partial charge in [-0.1, -0.05) is 46.1 Å². The van der Waals surface area contributed by atoms with Crippen LogP contribution in [-0.4, -0.2) is 11.6 Å². The van der Waals surface area contributed by atoms with Gasteiger partial charge >= 0.3 is 0 Å². The molecular weight excluding hydrogens is 248 g/mol. The zero-order valence-corrected chi connectivity index (χ0v) is 13.1. The van der Waals surface area contributed by atoms with Crippen molar-refractivity contribution in [2.45, 2.75) is 64.8 Å². The summed E-state index contributed by atoms with van der Waals surface area (Å²) in [6.45, 7) is 7.78. The van der Waals surface area contributed by atoms with Gasteiger partial charge in [-0.25, -0.2) is 4.98 Å². The lowest BCUT2D eigenvalue weighted by Crippen LogP contribution is -2.19. The van der Waals surface area contributed by atoms with Gasteiger partial charge in [0, 0.05) is 23.2 Å². The van der Waals surface area contributed by atoms with Crippen LogP contribution in [0.15, 0.2) is 12.1 Å². The Morgan fingerprint density at radius 3 is 2.50 bits per heavy atom. The van der Waals surface area contributed by atoms with Gasteiger partial charge in [-0.3, -0.25) is 0 Å². The zero-order chi connectivity index (χ0) is 14.6. The van der Waals surface area contributed by atoms with Gasteiger partial charge < -0.3 is 10.5 Å². The summed E-state index contributed by atoms with van der Waals surface area (Å²) in [7, 11) is 0. The van der Waals surface area contributed by atoms with Crippen molar-refractivity contribution >= 4 is 0 Å². The Bertz CT molecular complexity index is 431. The van der Waals surface area contributed by atoms with Crippen molar-refractivity contribution in [2.24, 2.45) is 11.7 Å². The van der Waals surface area contributed by atoms with Crippen LogP contribution in [0.25, 0.3) is 0 Å². The number of ether oxygens (including phenoxy) is 1. The number of rotatable bonds is 4. The molecule has 0 bridgehead atoms. The van der Waals surface area contributed by atoms with Gasteiger partial charge in [0.1, 0.15) is 0 Å². The van der Waals surface area contributed by atoms with Gasteiger partial charge in [0.05, 0.1) is 6.61 Å².